The number of halogens is 8. The molecular formula is C16H7Cl2F6N3O2S. The molecule has 2 aromatic carbocycles. The molecule has 14 heteroatoms. The van der Waals surface area contributed by atoms with Crippen molar-refractivity contribution in [3.8, 4) is 6.07 Å². The van der Waals surface area contributed by atoms with Crippen LogP contribution in [0.5, 0.6) is 0 Å². The second-order valence-corrected chi connectivity index (χ2v) is 8.23. The summed E-state index contributed by atoms with van der Waals surface area (Å²) in [4.78, 5) is -1.04. The molecule has 0 amide bonds. The first-order valence-corrected chi connectivity index (χ1v) is 9.64. The predicted molar refractivity (Wildman–Crippen MR) is 96.9 cm³/mol. The monoisotopic (exact) mass is 489 g/mol. The third kappa shape index (κ3) is 4.97. The Morgan fingerprint density at radius 3 is 1.90 bits per heavy atom. The molecule has 5 nitrogen and oxygen atoms in total. The van der Waals surface area contributed by atoms with Gasteiger partial charge in [0.25, 0.3) is 9.84 Å². The van der Waals surface area contributed by atoms with E-state index in [0.717, 1.165) is 12.1 Å². The van der Waals surface area contributed by atoms with Crippen molar-refractivity contribution >= 4 is 44.4 Å². The Labute approximate surface area is 175 Å². The van der Waals surface area contributed by atoms with Crippen LogP contribution in [-0.2, 0) is 16.0 Å². The van der Waals surface area contributed by atoms with Gasteiger partial charge in [-0.05, 0) is 24.3 Å². The van der Waals surface area contributed by atoms with Gasteiger partial charge in [-0.1, -0.05) is 35.3 Å². The average Bonchev–Trinajstić information content (AvgIpc) is 2.62. The van der Waals surface area contributed by atoms with Crippen LogP contribution in [0.25, 0.3) is 0 Å². The first-order valence-electron chi connectivity index (χ1n) is 7.40. The van der Waals surface area contributed by atoms with E-state index < -0.39 is 47.7 Å². The Balaban J connectivity index is 2.35. The predicted octanol–water partition coefficient (Wildman–Crippen LogP) is 5.65. The minimum Gasteiger partial charge on any atom is -0.274 e. The molecule has 0 fully saturated rings. The lowest BCUT2D eigenvalue weighted by molar-refractivity contribution is -0.137. The van der Waals surface area contributed by atoms with Gasteiger partial charge in [-0.2, -0.15) is 36.7 Å². The minimum absolute atomic E-state index is 0.0784. The molecule has 0 aromatic heterocycles. The molecule has 0 spiro atoms. The molecule has 1 N–H and O–H groups in total. The second kappa shape index (κ2) is 8.33. The van der Waals surface area contributed by atoms with Gasteiger partial charge in [0.2, 0.25) is 0 Å². The van der Waals surface area contributed by atoms with Crippen LogP contribution in [0, 0.1) is 11.3 Å². The molecule has 0 aliphatic carbocycles. The second-order valence-electron chi connectivity index (χ2n) is 5.47. The maximum absolute atomic E-state index is 12.7. The van der Waals surface area contributed by atoms with E-state index in [2.05, 4.69) is 10.5 Å². The Kier molecular flexibility index (Phi) is 6.60. The molecule has 2 rings (SSSR count). The number of anilines is 1. The summed E-state index contributed by atoms with van der Waals surface area (Å²) in [5.41, 5.74) is -5.17. The number of nitrogens with one attached hydrogen (secondary N) is 1. The molecule has 0 heterocycles. The van der Waals surface area contributed by atoms with E-state index in [9.17, 15) is 40.0 Å². The topological polar surface area (TPSA) is 82.3 Å². The van der Waals surface area contributed by atoms with Crippen LogP contribution in [0.15, 0.2) is 46.4 Å². The number of rotatable bonds is 4. The first-order chi connectivity index (χ1) is 13.7. The Morgan fingerprint density at radius 2 is 1.50 bits per heavy atom. The number of benzene rings is 2. The highest BCUT2D eigenvalue weighted by molar-refractivity contribution is 7.92. The summed E-state index contributed by atoms with van der Waals surface area (Å²) >= 11 is 11.5. The van der Waals surface area contributed by atoms with Gasteiger partial charge >= 0.3 is 11.7 Å². The fourth-order valence-corrected chi connectivity index (χ4v) is 3.37. The number of sulfone groups is 1. The van der Waals surface area contributed by atoms with Crippen molar-refractivity contribution in [2.24, 2.45) is 5.10 Å². The number of hydrogen-bond acceptors (Lipinski definition) is 5. The highest BCUT2D eigenvalue weighted by atomic mass is 35.5. The number of nitriles is 1. The van der Waals surface area contributed by atoms with E-state index in [0.29, 0.717) is 24.3 Å². The molecule has 0 atom stereocenters. The van der Waals surface area contributed by atoms with Gasteiger partial charge in [0.15, 0.2) is 5.71 Å². The van der Waals surface area contributed by atoms with Crippen molar-refractivity contribution in [1.29, 1.82) is 5.26 Å². The summed E-state index contributed by atoms with van der Waals surface area (Å²) < 4.78 is 98.6. The maximum atomic E-state index is 12.7. The van der Waals surface area contributed by atoms with Gasteiger partial charge < -0.3 is 0 Å². The van der Waals surface area contributed by atoms with E-state index in [4.69, 9.17) is 23.2 Å². The van der Waals surface area contributed by atoms with Crippen molar-refractivity contribution in [3.63, 3.8) is 0 Å². The van der Waals surface area contributed by atoms with Crippen molar-refractivity contribution in [2.45, 2.75) is 16.6 Å². The fraction of sp³-hybridized carbons (Fsp3) is 0.125. The van der Waals surface area contributed by atoms with Crippen LogP contribution >= 0.6 is 23.2 Å². The van der Waals surface area contributed by atoms with Crippen LogP contribution in [0.2, 0.25) is 10.0 Å². The maximum Gasteiger partial charge on any atom is 0.501 e. The van der Waals surface area contributed by atoms with Gasteiger partial charge in [-0.25, -0.2) is 8.42 Å². The lowest BCUT2D eigenvalue weighted by Gasteiger charge is -2.12. The highest BCUT2D eigenvalue weighted by Crippen LogP contribution is 2.38. The van der Waals surface area contributed by atoms with Gasteiger partial charge in [0.1, 0.15) is 6.07 Å². The van der Waals surface area contributed by atoms with Crippen LogP contribution in [0.1, 0.15) is 11.1 Å². The zero-order chi connectivity index (χ0) is 22.9. The largest absolute Gasteiger partial charge is 0.501 e. The van der Waals surface area contributed by atoms with Crippen molar-refractivity contribution in [2.75, 3.05) is 5.43 Å². The summed E-state index contributed by atoms with van der Waals surface area (Å²) in [7, 11) is -5.57. The lowest BCUT2D eigenvalue weighted by atomic mass is 10.1. The normalized spacial score (nSPS) is 13.1. The number of nitrogens with zero attached hydrogens (tertiary/aromatic N) is 2. The molecule has 0 saturated carbocycles. The van der Waals surface area contributed by atoms with Gasteiger partial charge in [0, 0.05) is 5.56 Å². The lowest BCUT2D eigenvalue weighted by Crippen LogP contribution is -2.23. The molecule has 2 aromatic rings. The van der Waals surface area contributed by atoms with Gasteiger partial charge in [-0.3, -0.25) is 5.43 Å². The van der Waals surface area contributed by atoms with E-state index in [1.807, 2.05) is 0 Å². The molecule has 0 unspecified atom stereocenters. The zero-order valence-corrected chi connectivity index (χ0v) is 16.4. The summed E-state index contributed by atoms with van der Waals surface area (Å²) in [6.45, 7) is 0. The van der Waals surface area contributed by atoms with E-state index in [1.165, 1.54) is 0 Å². The van der Waals surface area contributed by atoms with Crippen molar-refractivity contribution in [1.82, 2.24) is 0 Å². The molecular weight excluding hydrogens is 483 g/mol. The molecule has 0 radical (unpaired) electrons. The van der Waals surface area contributed by atoms with Crippen LogP contribution in [0.3, 0.4) is 0 Å². The fourth-order valence-electron chi connectivity index (χ4n) is 2.04. The Bertz CT molecular complexity index is 1110. The first kappa shape index (κ1) is 23.8. The summed E-state index contributed by atoms with van der Waals surface area (Å²) in [5, 5.41) is 11.9. The number of hydrogen-bond donors (Lipinski definition) is 1. The smallest absolute Gasteiger partial charge is 0.274 e. The molecule has 0 aliphatic heterocycles. The highest BCUT2D eigenvalue weighted by Gasteiger charge is 2.46. The van der Waals surface area contributed by atoms with Crippen LogP contribution in [0.4, 0.5) is 32.0 Å². The minimum atomic E-state index is -5.57. The van der Waals surface area contributed by atoms with Crippen LogP contribution in [-0.4, -0.2) is 19.6 Å². The van der Waals surface area contributed by atoms with E-state index in [1.54, 1.807) is 6.07 Å². The molecule has 30 heavy (non-hydrogen) atoms. The Hall–Kier alpha value is -2.49. The molecule has 0 aliphatic rings. The van der Waals surface area contributed by atoms with Crippen molar-refractivity contribution < 1.29 is 34.8 Å². The summed E-state index contributed by atoms with van der Waals surface area (Å²) in [6, 6.07) is 5.81. The summed E-state index contributed by atoms with van der Waals surface area (Å²) in [6.07, 6.45) is -4.70. The SMILES string of the molecule is N#C/C(=N\Nc1c(Cl)cc(C(F)(F)F)cc1Cl)c1ccc(S(=O)(=O)C(F)(F)F)cc1. The zero-order valence-electron chi connectivity index (χ0n) is 14.1. The molecule has 160 valence electrons. The molecule has 0 bridgehead atoms. The average molecular weight is 490 g/mol. The molecule has 0 saturated heterocycles. The third-order valence-corrected chi connectivity index (χ3v) is 5.60. The van der Waals surface area contributed by atoms with E-state index in [-0.39, 0.29) is 11.3 Å². The number of alkyl halides is 6. The summed E-state index contributed by atoms with van der Waals surface area (Å²) in [5.74, 6) is 0. The standard InChI is InChI=1S/C16H7Cl2F6N3O2S/c17-11-5-9(15(19,20)21)6-12(18)14(11)27-26-13(7-25)8-1-3-10(4-2-8)30(28,29)16(22,23)24/h1-6,27H/b26-13+. The Morgan fingerprint density at radius 1 is 1.00 bits per heavy atom. The quantitative estimate of drug-likeness (QED) is 0.342. The van der Waals surface area contributed by atoms with E-state index >= 15 is 0 Å². The number of hydrazone groups is 1. The van der Waals surface area contributed by atoms with Crippen LogP contribution < -0.4 is 5.43 Å². The third-order valence-electron chi connectivity index (χ3n) is 3.50. The van der Waals surface area contributed by atoms with Crippen molar-refractivity contribution in [3.05, 3.63) is 57.6 Å². The van der Waals surface area contributed by atoms with Gasteiger partial charge in [0.05, 0.1) is 26.2 Å². The van der Waals surface area contributed by atoms with Gasteiger partial charge in [-0.15, -0.1) is 0 Å².